The van der Waals surface area contributed by atoms with Crippen LogP contribution in [0.2, 0.25) is 0 Å². The van der Waals surface area contributed by atoms with Crippen molar-refractivity contribution in [1.82, 2.24) is 15.1 Å². The number of benzene rings is 4. The Kier molecular flexibility index (Phi) is 11.6. The van der Waals surface area contributed by atoms with E-state index in [2.05, 4.69) is 17.1 Å². The summed E-state index contributed by atoms with van der Waals surface area (Å²) in [6.45, 7) is 5.33. The molecule has 0 saturated carbocycles. The molecule has 5 atom stereocenters. The molecule has 0 aliphatic carbocycles. The Hall–Kier alpha value is -4.87. The molecular formula is C43H47N3O7. The van der Waals surface area contributed by atoms with Gasteiger partial charge in [0.25, 0.3) is 5.91 Å². The minimum absolute atomic E-state index is 0.00542. The third-order valence-electron chi connectivity index (χ3n) is 10.6. The topological polar surface area (TPSA) is 118 Å². The van der Waals surface area contributed by atoms with E-state index in [0.29, 0.717) is 0 Å². The molecule has 3 fully saturated rings. The van der Waals surface area contributed by atoms with Crippen LogP contribution in [0.4, 0.5) is 4.79 Å². The number of likely N-dealkylation sites (tertiary alicyclic amines) is 2. The number of nitrogens with zero attached hydrogens (tertiary/aromatic N) is 2. The average molecular weight is 718 g/mol. The predicted molar refractivity (Wildman–Crippen MR) is 199 cm³/mol. The molecule has 10 nitrogen and oxygen atoms in total. The van der Waals surface area contributed by atoms with Crippen LogP contribution in [0.3, 0.4) is 0 Å². The molecular weight excluding hydrogens is 670 g/mol. The SMILES string of the molecule is CC1C(CN2CCCCC2)OC(c2ccc(-c3ccccc3CN3C(=O)CC(NC(=O)OCc4ccccc4)C3=O)cc2)OC1c1ccc(CO)cc1. The van der Waals surface area contributed by atoms with E-state index in [1.165, 1.54) is 24.2 Å². The Labute approximate surface area is 310 Å². The molecule has 5 unspecified atom stereocenters. The zero-order chi connectivity index (χ0) is 36.7. The van der Waals surface area contributed by atoms with Crippen LogP contribution in [0.1, 0.15) is 72.8 Å². The maximum atomic E-state index is 13.3. The quantitative estimate of drug-likeness (QED) is 0.165. The van der Waals surface area contributed by atoms with Crippen molar-refractivity contribution in [3.8, 4) is 11.1 Å². The first-order valence-electron chi connectivity index (χ1n) is 18.6. The highest BCUT2D eigenvalue weighted by molar-refractivity contribution is 6.06. The van der Waals surface area contributed by atoms with Crippen molar-refractivity contribution in [3.05, 3.63) is 131 Å². The summed E-state index contributed by atoms with van der Waals surface area (Å²) < 4.78 is 18.7. The first-order chi connectivity index (χ1) is 25.9. The van der Waals surface area contributed by atoms with Crippen molar-refractivity contribution in [3.63, 3.8) is 0 Å². The molecule has 0 bridgehead atoms. The molecule has 53 heavy (non-hydrogen) atoms. The Balaban J connectivity index is 1.04. The number of piperidine rings is 1. The van der Waals surface area contributed by atoms with Gasteiger partial charge in [0.15, 0.2) is 6.29 Å². The molecule has 0 radical (unpaired) electrons. The van der Waals surface area contributed by atoms with Crippen LogP contribution >= 0.6 is 0 Å². The van der Waals surface area contributed by atoms with Gasteiger partial charge in [-0.15, -0.1) is 0 Å². The second kappa shape index (κ2) is 16.9. The molecule has 3 aliphatic heterocycles. The fraction of sp³-hybridized carbons (Fsp3) is 0.372. The van der Waals surface area contributed by atoms with E-state index in [9.17, 15) is 19.5 Å². The van der Waals surface area contributed by atoms with Gasteiger partial charge in [0.2, 0.25) is 5.91 Å². The lowest BCUT2D eigenvalue weighted by molar-refractivity contribution is -0.276. The lowest BCUT2D eigenvalue weighted by atomic mass is 9.89. The van der Waals surface area contributed by atoms with Gasteiger partial charge in [-0.3, -0.25) is 14.5 Å². The Morgan fingerprint density at radius 2 is 1.53 bits per heavy atom. The number of hydrogen-bond acceptors (Lipinski definition) is 8. The van der Waals surface area contributed by atoms with Gasteiger partial charge in [0.1, 0.15) is 12.6 Å². The molecule has 2 N–H and O–H groups in total. The van der Waals surface area contributed by atoms with E-state index < -0.39 is 24.3 Å². The zero-order valence-electron chi connectivity index (χ0n) is 30.1. The summed E-state index contributed by atoms with van der Waals surface area (Å²) in [5.74, 6) is -0.698. The van der Waals surface area contributed by atoms with Crippen molar-refractivity contribution >= 4 is 17.9 Å². The van der Waals surface area contributed by atoms with Gasteiger partial charge in [-0.2, -0.15) is 0 Å². The Bertz CT molecular complexity index is 1860. The Morgan fingerprint density at radius 1 is 0.830 bits per heavy atom. The first kappa shape index (κ1) is 36.5. The van der Waals surface area contributed by atoms with Crippen LogP contribution in [0.5, 0.6) is 0 Å². The van der Waals surface area contributed by atoms with Crippen LogP contribution in [0, 0.1) is 5.92 Å². The summed E-state index contributed by atoms with van der Waals surface area (Å²) in [6.07, 6.45) is 2.03. The van der Waals surface area contributed by atoms with E-state index >= 15 is 0 Å². The van der Waals surface area contributed by atoms with Crippen LogP contribution < -0.4 is 5.32 Å². The maximum Gasteiger partial charge on any atom is 0.408 e. The number of ether oxygens (including phenoxy) is 3. The molecule has 7 rings (SSSR count). The average Bonchev–Trinajstić information content (AvgIpc) is 3.46. The summed E-state index contributed by atoms with van der Waals surface area (Å²) in [6, 6.07) is 32.0. The monoisotopic (exact) mass is 717 g/mol. The lowest BCUT2D eigenvalue weighted by Gasteiger charge is -2.43. The second-order valence-corrected chi connectivity index (χ2v) is 14.2. The third kappa shape index (κ3) is 8.69. The van der Waals surface area contributed by atoms with Gasteiger partial charge in [-0.05, 0) is 59.3 Å². The summed E-state index contributed by atoms with van der Waals surface area (Å²) in [7, 11) is 0. The van der Waals surface area contributed by atoms with Crippen LogP contribution in [-0.2, 0) is 43.6 Å². The Morgan fingerprint density at radius 3 is 2.26 bits per heavy atom. The van der Waals surface area contributed by atoms with E-state index in [-0.39, 0.29) is 50.2 Å². The molecule has 4 aromatic carbocycles. The number of aliphatic hydroxyl groups is 1. The molecule has 0 spiro atoms. The van der Waals surface area contributed by atoms with Gasteiger partial charge in [-0.1, -0.05) is 116 Å². The molecule has 3 amide bonds. The minimum Gasteiger partial charge on any atom is -0.445 e. The minimum atomic E-state index is -0.981. The second-order valence-electron chi connectivity index (χ2n) is 14.2. The van der Waals surface area contributed by atoms with E-state index in [1.807, 2.05) is 103 Å². The first-order valence-corrected chi connectivity index (χ1v) is 18.6. The molecule has 3 heterocycles. The standard InChI is InChI=1S/C43H47N3O7/c1-29-38(26-45-22-8-3-9-23-45)52-42(53-40(29)33-16-14-30(27-47)15-17-33)34-20-18-32(19-21-34)36-13-7-6-12-35(36)25-46-39(48)24-37(41(46)49)44-43(50)51-28-31-10-4-2-5-11-31/h2,4-7,10-21,29,37-38,40,42,47H,3,8-9,22-28H2,1H3,(H,44,50). The largest absolute Gasteiger partial charge is 0.445 e. The predicted octanol–water partition coefficient (Wildman–Crippen LogP) is 6.68. The molecule has 10 heteroatoms. The number of carbonyl (C=O) groups is 3. The van der Waals surface area contributed by atoms with Crippen LogP contribution in [0.15, 0.2) is 103 Å². The van der Waals surface area contributed by atoms with Gasteiger partial charge >= 0.3 is 6.09 Å². The lowest BCUT2D eigenvalue weighted by Crippen LogP contribution is -2.45. The molecule has 4 aromatic rings. The van der Waals surface area contributed by atoms with E-state index in [4.69, 9.17) is 14.2 Å². The number of nitrogens with one attached hydrogen (secondary N) is 1. The van der Waals surface area contributed by atoms with Crippen molar-refractivity contribution in [2.75, 3.05) is 19.6 Å². The summed E-state index contributed by atoms with van der Waals surface area (Å²) >= 11 is 0. The number of imide groups is 1. The normalized spacial score (nSPS) is 23.6. The van der Waals surface area contributed by atoms with E-state index in [1.54, 1.807) is 0 Å². The summed E-state index contributed by atoms with van der Waals surface area (Å²) in [4.78, 5) is 42.5. The molecule has 3 aliphatic rings. The number of hydrogen-bond donors (Lipinski definition) is 2. The van der Waals surface area contributed by atoms with E-state index in [0.717, 1.165) is 58.6 Å². The summed E-state index contributed by atoms with van der Waals surface area (Å²) in [5, 5.41) is 12.2. The number of amides is 3. The van der Waals surface area contributed by atoms with Crippen molar-refractivity contribution in [1.29, 1.82) is 0 Å². The van der Waals surface area contributed by atoms with Crippen molar-refractivity contribution in [2.24, 2.45) is 5.92 Å². The van der Waals surface area contributed by atoms with Crippen LogP contribution in [0.25, 0.3) is 11.1 Å². The molecule has 3 saturated heterocycles. The van der Waals surface area contributed by atoms with Gasteiger partial charge in [0, 0.05) is 18.0 Å². The van der Waals surface area contributed by atoms with Crippen molar-refractivity contribution in [2.45, 2.75) is 76.9 Å². The van der Waals surface area contributed by atoms with Gasteiger partial charge < -0.3 is 29.5 Å². The number of aliphatic hydroxyl groups excluding tert-OH is 1. The number of carbonyl (C=O) groups excluding carboxylic acids is 3. The maximum absolute atomic E-state index is 13.3. The molecule has 0 aromatic heterocycles. The van der Waals surface area contributed by atoms with Gasteiger partial charge in [0.05, 0.1) is 31.8 Å². The highest BCUT2D eigenvalue weighted by Crippen LogP contribution is 2.42. The number of rotatable bonds is 11. The van der Waals surface area contributed by atoms with Crippen LogP contribution in [-0.4, -0.2) is 64.6 Å². The smallest absolute Gasteiger partial charge is 0.408 e. The number of alkyl carbamates (subject to hydrolysis) is 1. The fourth-order valence-electron chi connectivity index (χ4n) is 7.52. The highest BCUT2D eigenvalue weighted by Gasteiger charge is 2.41. The molecule has 276 valence electrons. The zero-order valence-corrected chi connectivity index (χ0v) is 30.1. The third-order valence-corrected chi connectivity index (χ3v) is 10.6. The van der Waals surface area contributed by atoms with Gasteiger partial charge in [-0.25, -0.2) is 4.79 Å². The van der Waals surface area contributed by atoms with Crippen molar-refractivity contribution < 1.29 is 33.7 Å². The fourth-order valence-corrected chi connectivity index (χ4v) is 7.52. The summed E-state index contributed by atoms with van der Waals surface area (Å²) in [5.41, 5.74) is 6.26. The highest BCUT2D eigenvalue weighted by atomic mass is 16.7.